The molecule has 0 aliphatic heterocycles. The number of benzene rings is 4. The highest BCUT2D eigenvalue weighted by atomic mass is 15.2. The maximum Gasteiger partial charge on any atom is 0.0653 e. The quantitative estimate of drug-likeness (QED) is 0.198. The van der Waals surface area contributed by atoms with Crippen LogP contribution in [0.5, 0.6) is 0 Å². The van der Waals surface area contributed by atoms with Crippen molar-refractivity contribution >= 4 is 11.4 Å². The first kappa shape index (κ1) is 33.0. The summed E-state index contributed by atoms with van der Waals surface area (Å²) in [6, 6.07) is 39.0. The number of nitrogens with zero attached hydrogens (tertiary/aromatic N) is 2. The van der Waals surface area contributed by atoms with E-state index in [4.69, 9.17) is 0 Å². The molecule has 2 unspecified atom stereocenters. The highest BCUT2D eigenvalue weighted by Gasteiger charge is 2.55. The molecule has 10 rings (SSSR count). The summed E-state index contributed by atoms with van der Waals surface area (Å²) in [5.74, 6) is 0. The van der Waals surface area contributed by atoms with Gasteiger partial charge in [-0.15, -0.1) is 0 Å². The molecule has 6 aliphatic rings. The van der Waals surface area contributed by atoms with Gasteiger partial charge in [0.2, 0.25) is 0 Å². The van der Waals surface area contributed by atoms with E-state index in [1.165, 1.54) is 72.9 Å². The predicted molar refractivity (Wildman–Crippen MR) is 226 cm³/mol. The second-order valence-electron chi connectivity index (χ2n) is 16.1. The number of hydrogen-bond acceptors (Lipinski definition) is 2. The second-order valence-corrected chi connectivity index (χ2v) is 16.1. The summed E-state index contributed by atoms with van der Waals surface area (Å²) in [6.45, 7) is 6.85. The van der Waals surface area contributed by atoms with E-state index in [0.717, 1.165) is 38.5 Å². The lowest BCUT2D eigenvalue weighted by Gasteiger charge is -2.43. The van der Waals surface area contributed by atoms with Gasteiger partial charge in [-0.3, -0.25) is 0 Å². The fraction of sp³-hybridized carbons (Fsp3) is 0.231. The van der Waals surface area contributed by atoms with Gasteiger partial charge in [-0.1, -0.05) is 121 Å². The van der Waals surface area contributed by atoms with Gasteiger partial charge in [0, 0.05) is 22.8 Å². The molecule has 0 amide bonds. The summed E-state index contributed by atoms with van der Waals surface area (Å²) in [7, 11) is 0. The molecule has 0 saturated carbocycles. The minimum absolute atomic E-state index is 0.156. The predicted octanol–water partition coefficient (Wildman–Crippen LogP) is 12.9. The van der Waals surface area contributed by atoms with Crippen molar-refractivity contribution < 1.29 is 0 Å². The topological polar surface area (TPSA) is 6.48 Å². The molecule has 1 spiro atoms. The van der Waals surface area contributed by atoms with Gasteiger partial charge in [0.05, 0.1) is 17.5 Å². The maximum atomic E-state index is 2.69. The first-order chi connectivity index (χ1) is 26.5. The largest absolute Gasteiger partial charge is 0.335 e. The fourth-order valence-corrected chi connectivity index (χ4v) is 10.5. The van der Waals surface area contributed by atoms with E-state index in [1.54, 1.807) is 11.1 Å². The molecule has 0 saturated heterocycles. The average molecular weight is 701 g/mol. The second kappa shape index (κ2) is 13.1. The lowest BCUT2D eigenvalue weighted by atomic mass is 9.65. The molecule has 6 aliphatic carbocycles. The molecule has 0 N–H and O–H groups in total. The van der Waals surface area contributed by atoms with Gasteiger partial charge < -0.3 is 9.80 Å². The Bertz CT molecular complexity index is 2390. The Labute approximate surface area is 321 Å². The van der Waals surface area contributed by atoms with Gasteiger partial charge in [0.25, 0.3) is 0 Å². The van der Waals surface area contributed by atoms with Crippen LogP contribution in [0.1, 0.15) is 69.1 Å². The van der Waals surface area contributed by atoms with Crippen molar-refractivity contribution in [3.05, 3.63) is 213 Å². The highest BCUT2D eigenvalue weighted by Crippen LogP contribution is 2.65. The molecule has 54 heavy (non-hydrogen) atoms. The molecular formula is C52H48N2. The number of fused-ring (bicyclic) bond motifs is 8. The lowest BCUT2D eigenvalue weighted by molar-refractivity contribution is 0.360. The minimum atomic E-state index is -0.330. The number of aryl methyl sites for hydroxylation is 1. The Morgan fingerprint density at radius 1 is 0.593 bits per heavy atom. The zero-order valence-electron chi connectivity index (χ0n) is 31.7. The fourth-order valence-electron chi connectivity index (χ4n) is 10.5. The Hall–Kier alpha value is -5.60. The molecule has 0 fully saturated rings. The third-order valence-electron chi connectivity index (χ3n) is 12.8. The molecule has 2 heteroatoms. The Kier molecular flexibility index (Phi) is 7.98. The van der Waals surface area contributed by atoms with E-state index in [1.807, 2.05) is 0 Å². The highest BCUT2D eigenvalue weighted by molar-refractivity contribution is 5.90. The maximum absolute atomic E-state index is 2.69. The van der Waals surface area contributed by atoms with Gasteiger partial charge in [-0.25, -0.2) is 0 Å². The summed E-state index contributed by atoms with van der Waals surface area (Å²) >= 11 is 0. The normalized spacial score (nSPS) is 21.8. The number of hydrogen-bond donors (Lipinski definition) is 0. The van der Waals surface area contributed by atoms with Crippen LogP contribution in [0, 0.1) is 6.92 Å². The van der Waals surface area contributed by atoms with Crippen molar-refractivity contribution in [2.24, 2.45) is 0 Å². The van der Waals surface area contributed by atoms with Crippen molar-refractivity contribution in [3.8, 4) is 11.1 Å². The van der Waals surface area contributed by atoms with Gasteiger partial charge >= 0.3 is 0 Å². The Morgan fingerprint density at radius 2 is 1.22 bits per heavy atom. The molecule has 2 nitrogen and oxygen atoms in total. The molecule has 4 aromatic rings. The van der Waals surface area contributed by atoms with E-state index in [-0.39, 0.29) is 17.5 Å². The smallest absolute Gasteiger partial charge is 0.0653 e. The number of para-hydroxylation sites is 1. The number of allylic oxidation sites excluding steroid dienone is 10. The van der Waals surface area contributed by atoms with Crippen LogP contribution >= 0.6 is 0 Å². The van der Waals surface area contributed by atoms with Crippen LogP contribution in [-0.2, 0) is 5.41 Å². The first-order valence-electron chi connectivity index (χ1n) is 20.0. The van der Waals surface area contributed by atoms with Crippen molar-refractivity contribution in [2.45, 2.75) is 76.8 Å². The monoisotopic (exact) mass is 700 g/mol. The van der Waals surface area contributed by atoms with Crippen molar-refractivity contribution in [2.75, 3.05) is 4.90 Å². The van der Waals surface area contributed by atoms with Crippen LogP contribution in [0.25, 0.3) is 11.1 Å². The van der Waals surface area contributed by atoms with Gasteiger partial charge in [-0.05, 0) is 151 Å². The molecular weight excluding hydrogens is 653 g/mol. The average Bonchev–Trinajstić information content (AvgIpc) is 3.66. The first-order valence-corrected chi connectivity index (χ1v) is 20.0. The van der Waals surface area contributed by atoms with Gasteiger partial charge in [0.15, 0.2) is 0 Å². The van der Waals surface area contributed by atoms with Crippen molar-refractivity contribution in [3.63, 3.8) is 0 Å². The van der Waals surface area contributed by atoms with E-state index in [0.29, 0.717) is 0 Å². The van der Waals surface area contributed by atoms with Crippen LogP contribution in [-0.4, -0.2) is 17.0 Å². The SMILES string of the molecule is CC1=CC(N(C2=C(C)CCC=C2)C2C=CC3=C(C2)C2(C4=C3C=CC(N(c3ccccc3)c3cccc(C)c3)C4)c3ccccc3-c3ccccc32)=CCC1. The summed E-state index contributed by atoms with van der Waals surface area (Å²) < 4.78 is 0. The summed E-state index contributed by atoms with van der Waals surface area (Å²) in [5.41, 5.74) is 20.7. The molecule has 0 heterocycles. The van der Waals surface area contributed by atoms with E-state index >= 15 is 0 Å². The summed E-state index contributed by atoms with van der Waals surface area (Å²) in [5, 5.41) is 0. The van der Waals surface area contributed by atoms with Crippen LogP contribution in [0.3, 0.4) is 0 Å². The number of rotatable bonds is 6. The Balaban J connectivity index is 1.14. The van der Waals surface area contributed by atoms with Crippen molar-refractivity contribution in [1.82, 2.24) is 4.90 Å². The van der Waals surface area contributed by atoms with Gasteiger partial charge in [0.1, 0.15) is 0 Å². The summed E-state index contributed by atoms with van der Waals surface area (Å²) in [4.78, 5) is 5.26. The van der Waals surface area contributed by atoms with Crippen LogP contribution < -0.4 is 4.90 Å². The number of anilines is 2. The minimum Gasteiger partial charge on any atom is -0.335 e. The molecule has 266 valence electrons. The third kappa shape index (κ3) is 5.07. The van der Waals surface area contributed by atoms with Crippen LogP contribution in [0.15, 0.2) is 197 Å². The molecule has 4 aromatic carbocycles. The summed E-state index contributed by atoms with van der Waals surface area (Å²) in [6.07, 6.45) is 26.1. The van der Waals surface area contributed by atoms with E-state index in [9.17, 15) is 0 Å². The zero-order valence-corrected chi connectivity index (χ0v) is 31.7. The molecule has 2 atom stereocenters. The van der Waals surface area contributed by atoms with E-state index in [2.05, 4.69) is 182 Å². The van der Waals surface area contributed by atoms with E-state index < -0.39 is 0 Å². The van der Waals surface area contributed by atoms with Crippen LogP contribution in [0.2, 0.25) is 0 Å². The zero-order chi connectivity index (χ0) is 36.4. The van der Waals surface area contributed by atoms with Crippen molar-refractivity contribution in [1.29, 1.82) is 0 Å². The lowest BCUT2D eigenvalue weighted by Crippen LogP contribution is -2.39. The van der Waals surface area contributed by atoms with Gasteiger partial charge in [-0.2, -0.15) is 0 Å². The molecule has 0 radical (unpaired) electrons. The Morgan fingerprint density at radius 3 is 1.87 bits per heavy atom. The third-order valence-corrected chi connectivity index (χ3v) is 12.8. The molecule has 0 aromatic heterocycles. The molecule has 0 bridgehead atoms. The standard InChI is InChI=1S/C52H48N2/c1-35-15-13-20-39(31-35)53(38-18-5-4-6-19-38)41-27-29-45-46-30-28-42(54(40-21-14-16-36(2)32-40)51-26-12-7-17-37(51)3)34-50(46)52(49(45)33-41)47-24-10-8-22-43(47)44-23-9-11-25-48(44)52/h4-6,8-13,15,18-32,41-42H,7,14,16-17,33-34H2,1-3H3. The van der Waals surface area contributed by atoms with Crippen LogP contribution in [0.4, 0.5) is 11.4 Å².